The van der Waals surface area contributed by atoms with Crippen molar-refractivity contribution in [2.24, 2.45) is 34.5 Å². The van der Waals surface area contributed by atoms with Crippen molar-refractivity contribution in [3.8, 4) is 11.5 Å². The molecule has 2 aromatic rings. The van der Waals surface area contributed by atoms with Crippen LogP contribution in [0.1, 0.15) is 112 Å². The van der Waals surface area contributed by atoms with Gasteiger partial charge in [-0.15, -0.1) is 0 Å². The molecule has 6 N–H and O–H groups in total. The molecule has 0 spiro atoms. The van der Waals surface area contributed by atoms with Gasteiger partial charge in [-0.1, -0.05) is 26.0 Å². The third kappa shape index (κ3) is 8.90. The van der Waals surface area contributed by atoms with Crippen LogP contribution in [0, 0.1) is 34.5 Å². The van der Waals surface area contributed by atoms with Crippen LogP contribution in [0.5, 0.6) is 11.5 Å². The van der Waals surface area contributed by atoms with Gasteiger partial charge in [0.15, 0.2) is 0 Å². The fourth-order valence-corrected chi connectivity index (χ4v) is 12.4. The molecule has 0 amide bonds. The smallest absolute Gasteiger partial charge is 0.446 e. The second kappa shape index (κ2) is 17.5. The molecule has 8 atom stereocenters. The lowest BCUT2D eigenvalue weighted by molar-refractivity contribution is -0.130. The molecule has 11 nitrogen and oxygen atoms in total. The number of phenols is 1. The molecule has 308 valence electrons. The first-order valence-electron chi connectivity index (χ1n) is 21.4. The van der Waals surface area contributed by atoms with E-state index in [0.717, 1.165) is 129 Å². The van der Waals surface area contributed by atoms with E-state index in [9.17, 15) is 23.1 Å². The zero-order chi connectivity index (χ0) is 39.5. The third-order valence-corrected chi connectivity index (χ3v) is 15.3. The monoisotopic (exact) mass is 792 g/mol. The Kier molecular flexibility index (Phi) is 12.9. The van der Waals surface area contributed by atoms with Crippen LogP contribution in [-0.4, -0.2) is 82.0 Å². The van der Waals surface area contributed by atoms with Gasteiger partial charge >= 0.3 is 10.4 Å². The van der Waals surface area contributed by atoms with Crippen LogP contribution in [-0.2, 0) is 32.8 Å². The predicted octanol–water partition coefficient (Wildman–Crippen LogP) is 5.47. The van der Waals surface area contributed by atoms with E-state index in [2.05, 4.69) is 45.4 Å². The van der Waals surface area contributed by atoms with E-state index in [1.807, 2.05) is 18.2 Å². The standard InChI is InChI=1S/C18H22O5S.C18H22O2.2C4H10N2/c1-18-9-8-14-13-5-3-12(23-24(20,21)22)10-11(13)2-4-15(14)16(18)6-7-17(18)19;1-18-9-8-14-13-5-3-12(19)10-11(13)2-4-15(14)16(18)6-7-17(18)20;2*1-2-6-4-3-5-1/h3,5,10,14-16H,2,4,6-9H2,1H3,(H,20,21,22);3,5,10,14-16,19H,2,4,6-9H2,1H3;2*5-6H,1-4H2/t2*14-,15-,16+,18+;;/m11../s1. The van der Waals surface area contributed by atoms with E-state index in [1.165, 1.54) is 23.1 Å². The first-order chi connectivity index (χ1) is 26.9. The minimum absolute atomic E-state index is 0.0322. The van der Waals surface area contributed by atoms with Crippen molar-refractivity contribution in [3.63, 3.8) is 0 Å². The topological polar surface area (TPSA) is 166 Å². The number of Topliss-reactive ketones (excluding diaryl/α,β-unsaturated/α-hetero) is 2. The molecule has 2 aliphatic heterocycles. The number of aromatic hydroxyl groups is 1. The number of aryl methyl sites for hydroxylation is 2. The maximum atomic E-state index is 12.3. The molecule has 12 heteroatoms. The minimum atomic E-state index is -4.49. The van der Waals surface area contributed by atoms with Crippen LogP contribution in [0.2, 0.25) is 0 Å². The molecule has 56 heavy (non-hydrogen) atoms. The Hall–Kier alpha value is -2.87. The van der Waals surface area contributed by atoms with E-state index in [0.29, 0.717) is 52.8 Å². The average molecular weight is 793 g/mol. The van der Waals surface area contributed by atoms with Gasteiger partial charge in [-0.2, -0.15) is 8.42 Å². The fourth-order valence-electron chi connectivity index (χ4n) is 12.1. The van der Waals surface area contributed by atoms with E-state index in [-0.39, 0.29) is 16.6 Å². The highest BCUT2D eigenvalue weighted by molar-refractivity contribution is 7.81. The van der Waals surface area contributed by atoms with E-state index < -0.39 is 10.4 Å². The fraction of sp³-hybridized carbons (Fsp3) is 0.682. The number of carbonyl (C=O) groups excluding carboxylic acids is 2. The number of piperazine rings is 2. The highest BCUT2D eigenvalue weighted by Gasteiger charge is 2.55. The van der Waals surface area contributed by atoms with Gasteiger partial charge in [0.2, 0.25) is 0 Å². The second-order valence-corrected chi connectivity index (χ2v) is 18.9. The summed E-state index contributed by atoms with van der Waals surface area (Å²) < 4.78 is 35.2. The molecule has 0 unspecified atom stereocenters. The van der Waals surface area contributed by atoms with Crippen molar-refractivity contribution >= 4 is 22.0 Å². The lowest BCUT2D eigenvalue weighted by Crippen LogP contribution is -2.42. The predicted molar refractivity (Wildman–Crippen MR) is 217 cm³/mol. The summed E-state index contributed by atoms with van der Waals surface area (Å²) >= 11 is 0. The average Bonchev–Trinajstić information content (AvgIpc) is 3.69. The summed E-state index contributed by atoms with van der Waals surface area (Å²) in [6, 6.07) is 11.2. The van der Waals surface area contributed by atoms with Crippen LogP contribution >= 0.6 is 0 Å². The zero-order valence-corrected chi connectivity index (χ0v) is 34.2. The third-order valence-electron chi connectivity index (χ3n) is 14.9. The van der Waals surface area contributed by atoms with E-state index >= 15 is 0 Å². The quantitative estimate of drug-likeness (QED) is 0.214. The molecular formula is C44H64N4O7S. The van der Waals surface area contributed by atoms with Crippen molar-refractivity contribution < 1.29 is 31.8 Å². The molecule has 4 saturated carbocycles. The molecule has 10 rings (SSSR count). The van der Waals surface area contributed by atoms with Gasteiger partial charge in [0.1, 0.15) is 23.1 Å². The second-order valence-electron chi connectivity index (χ2n) is 17.9. The summed E-state index contributed by atoms with van der Waals surface area (Å²) in [6.45, 7) is 13.5. The number of nitrogens with one attached hydrogen (secondary N) is 4. The minimum Gasteiger partial charge on any atom is -0.508 e. The lowest BCUT2D eigenvalue weighted by atomic mass is 9.55. The number of hydrogen-bond donors (Lipinski definition) is 6. The number of ketones is 2. The molecule has 0 bridgehead atoms. The Balaban J connectivity index is 0.000000134. The number of phenolic OH excluding ortho intramolecular Hbond substituents is 1. The van der Waals surface area contributed by atoms with Crippen LogP contribution < -0.4 is 25.5 Å². The van der Waals surface area contributed by atoms with Crippen molar-refractivity contribution in [2.45, 2.75) is 103 Å². The first kappa shape index (κ1) is 41.3. The Morgan fingerprint density at radius 1 is 0.607 bits per heavy atom. The summed E-state index contributed by atoms with van der Waals surface area (Å²) in [5, 5.41) is 22.6. The van der Waals surface area contributed by atoms with E-state index in [1.54, 1.807) is 12.1 Å². The summed E-state index contributed by atoms with van der Waals surface area (Å²) in [7, 11) is -4.49. The highest BCUT2D eigenvalue weighted by atomic mass is 32.3. The van der Waals surface area contributed by atoms with Gasteiger partial charge in [0.25, 0.3) is 0 Å². The molecule has 2 aromatic carbocycles. The Morgan fingerprint density at radius 2 is 1.04 bits per heavy atom. The molecule has 0 aromatic heterocycles. The van der Waals surface area contributed by atoms with Gasteiger partial charge in [0.05, 0.1) is 0 Å². The highest BCUT2D eigenvalue weighted by Crippen LogP contribution is 2.61. The van der Waals surface area contributed by atoms with Crippen LogP contribution in [0.4, 0.5) is 0 Å². The van der Waals surface area contributed by atoms with Crippen LogP contribution in [0.15, 0.2) is 36.4 Å². The zero-order valence-electron chi connectivity index (χ0n) is 33.4. The molecule has 2 saturated heterocycles. The Bertz CT molecular complexity index is 1800. The van der Waals surface area contributed by atoms with Crippen molar-refractivity contribution in [3.05, 3.63) is 58.7 Å². The Morgan fingerprint density at radius 3 is 1.46 bits per heavy atom. The lowest BCUT2D eigenvalue weighted by Gasteiger charge is -2.48. The van der Waals surface area contributed by atoms with Gasteiger partial charge in [-0.05, 0) is 146 Å². The number of carbonyl (C=O) groups is 2. The van der Waals surface area contributed by atoms with Crippen molar-refractivity contribution in [1.82, 2.24) is 21.3 Å². The number of benzene rings is 2. The number of hydrogen-bond acceptors (Lipinski definition) is 10. The van der Waals surface area contributed by atoms with Gasteiger partial charge in [0, 0.05) is 76.0 Å². The number of rotatable bonds is 2. The largest absolute Gasteiger partial charge is 0.508 e. The molecule has 6 fully saturated rings. The molecular weight excluding hydrogens is 729 g/mol. The van der Waals surface area contributed by atoms with Gasteiger partial charge < -0.3 is 30.6 Å². The molecule has 0 radical (unpaired) electrons. The summed E-state index contributed by atoms with van der Waals surface area (Å²) in [5.74, 6) is 4.84. The van der Waals surface area contributed by atoms with E-state index in [4.69, 9.17) is 4.55 Å². The van der Waals surface area contributed by atoms with Gasteiger partial charge in [-0.25, -0.2) is 0 Å². The summed E-state index contributed by atoms with van der Waals surface area (Å²) in [4.78, 5) is 24.6. The first-order valence-corrected chi connectivity index (χ1v) is 22.7. The summed E-state index contributed by atoms with van der Waals surface area (Å²) in [6.07, 6.45) is 11.9. The summed E-state index contributed by atoms with van der Waals surface area (Å²) in [5.41, 5.74) is 4.97. The molecule has 2 heterocycles. The maximum Gasteiger partial charge on any atom is 0.446 e. The normalized spacial score (nSPS) is 34.1. The van der Waals surface area contributed by atoms with Crippen LogP contribution in [0.3, 0.4) is 0 Å². The number of fused-ring (bicyclic) bond motifs is 10. The maximum absolute atomic E-state index is 12.3. The SMILES string of the molecule is C1CNCCN1.C1CNCCN1.C[C@]12CC[C@@H]3c4ccc(O)cc4CC[C@H]3[C@@H]1CCC2=O.C[C@]12CC[C@@H]3c4ccc(OS(=O)(=O)O)cc4CC[C@H]3[C@@H]1CCC2=O. The Labute approximate surface area is 333 Å². The molecule has 6 aliphatic carbocycles. The van der Waals surface area contributed by atoms with Crippen molar-refractivity contribution in [2.75, 3.05) is 52.4 Å². The molecule has 8 aliphatic rings. The van der Waals surface area contributed by atoms with Gasteiger partial charge in [-0.3, -0.25) is 14.1 Å². The van der Waals surface area contributed by atoms with Crippen LogP contribution in [0.25, 0.3) is 0 Å². The van der Waals surface area contributed by atoms with Crippen molar-refractivity contribution in [1.29, 1.82) is 0 Å².